The highest BCUT2D eigenvalue weighted by Gasteiger charge is 2.31. The molecule has 0 spiro atoms. The molecule has 2 fully saturated rings. The first-order valence-corrected chi connectivity index (χ1v) is 6.06. The number of piperazine rings is 1. The monoisotopic (exact) mass is 227 g/mol. The van der Waals surface area contributed by atoms with Gasteiger partial charge in [-0.3, -0.25) is 9.69 Å². The van der Waals surface area contributed by atoms with Gasteiger partial charge in [0.05, 0.1) is 12.2 Å². The SMILES string of the molecule is CC1CCC(CN2CCNCC2C(N)=O)O1. The summed E-state index contributed by atoms with van der Waals surface area (Å²) in [5, 5.41) is 3.20. The van der Waals surface area contributed by atoms with Gasteiger partial charge in [0, 0.05) is 26.2 Å². The first-order chi connectivity index (χ1) is 7.66. The number of nitrogens with one attached hydrogen (secondary N) is 1. The summed E-state index contributed by atoms with van der Waals surface area (Å²) in [4.78, 5) is 13.5. The van der Waals surface area contributed by atoms with Crippen LogP contribution >= 0.6 is 0 Å². The lowest BCUT2D eigenvalue weighted by atomic mass is 10.1. The maximum absolute atomic E-state index is 11.3. The van der Waals surface area contributed by atoms with E-state index in [-0.39, 0.29) is 18.1 Å². The second kappa shape index (κ2) is 5.12. The van der Waals surface area contributed by atoms with Crippen LogP contribution in [-0.2, 0) is 9.53 Å². The van der Waals surface area contributed by atoms with E-state index in [9.17, 15) is 4.79 Å². The van der Waals surface area contributed by atoms with Crippen molar-refractivity contribution < 1.29 is 9.53 Å². The number of amides is 1. The van der Waals surface area contributed by atoms with E-state index in [0.717, 1.165) is 32.5 Å². The van der Waals surface area contributed by atoms with Crippen molar-refractivity contribution in [2.24, 2.45) is 5.73 Å². The lowest BCUT2D eigenvalue weighted by molar-refractivity contribution is -0.124. The fraction of sp³-hybridized carbons (Fsp3) is 0.909. The van der Waals surface area contributed by atoms with Crippen molar-refractivity contribution in [3.8, 4) is 0 Å². The first kappa shape index (κ1) is 11.8. The van der Waals surface area contributed by atoms with E-state index < -0.39 is 0 Å². The zero-order valence-electron chi connectivity index (χ0n) is 9.82. The highest BCUT2D eigenvalue weighted by Crippen LogP contribution is 2.20. The molecule has 3 N–H and O–H groups in total. The molecule has 0 radical (unpaired) electrons. The van der Waals surface area contributed by atoms with E-state index in [1.807, 2.05) is 0 Å². The Morgan fingerprint density at radius 2 is 2.38 bits per heavy atom. The van der Waals surface area contributed by atoms with Gasteiger partial charge in [-0.15, -0.1) is 0 Å². The third-order valence-electron chi connectivity index (χ3n) is 3.44. The van der Waals surface area contributed by atoms with Crippen molar-refractivity contribution in [1.82, 2.24) is 10.2 Å². The summed E-state index contributed by atoms with van der Waals surface area (Å²) in [5.74, 6) is -0.238. The van der Waals surface area contributed by atoms with E-state index in [0.29, 0.717) is 12.6 Å². The Kier molecular flexibility index (Phi) is 3.78. The standard InChI is InChI=1S/C11H21N3O2/c1-8-2-3-9(16-8)7-14-5-4-13-6-10(14)11(12)15/h8-10,13H,2-7H2,1H3,(H2,12,15). The van der Waals surface area contributed by atoms with Crippen LogP contribution in [0.4, 0.5) is 0 Å². The minimum atomic E-state index is -0.238. The van der Waals surface area contributed by atoms with Crippen LogP contribution in [0.5, 0.6) is 0 Å². The van der Waals surface area contributed by atoms with Crippen LogP contribution in [0.1, 0.15) is 19.8 Å². The molecule has 0 aromatic heterocycles. The van der Waals surface area contributed by atoms with Gasteiger partial charge in [0.15, 0.2) is 0 Å². The molecule has 2 saturated heterocycles. The number of carbonyl (C=O) groups is 1. The van der Waals surface area contributed by atoms with E-state index in [4.69, 9.17) is 10.5 Å². The van der Waals surface area contributed by atoms with Crippen LogP contribution in [0.25, 0.3) is 0 Å². The van der Waals surface area contributed by atoms with Gasteiger partial charge in [-0.25, -0.2) is 0 Å². The average Bonchev–Trinajstić information content (AvgIpc) is 2.64. The van der Waals surface area contributed by atoms with Gasteiger partial charge in [-0.2, -0.15) is 0 Å². The van der Waals surface area contributed by atoms with Gasteiger partial charge in [-0.1, -0.05) is 0 Å². The topological polar surface area (TPSA) is 67.6 Å². The molecule has 0 saturated carbocycles. The molecule has 0 aromatic rings. The molecule has 1 amide bonds. The smallest absolute Gasteiger partial charge is 0.236 e. The van der Waals surface area contributed by atoms with Crippen molar-refractivity contribution in [3.05, 3.63) is 0 Å². The largest absolute Gasteiger partial charge is 0.374 e. The zero-order chi connectivity index (χ0) is 11.5. The van der Waals surface area contributed by atoms with Crippen LogP contribution in [0.3, 0.4) is 0 Å². The zero-order valence-corrected chi connectivity index (χ0v) is 9.82. The molecule has 92 valence electrons. The number of nitrogens with two attached hydrogens (primary N) is 1. The van der Waals surface area contributed by atoms with Crippen molar-refractivity contribution in [1.29, 1.82) is 0 Å². The van der Waals surface area contributed by atoms with Crippen LogP contribution in [-0.4, -0.2) is 55.2 Å². The summed E-state index contributed by atoms with van der Waals surface area (Å²) in [5.41, 5.74) is 5.40. The predicted octanol–water partition coefficient (Wildman–Crippen LogP) is -0.687. The van der Waals surface area contributed by atoms with Crippen molar-refractivity contribution in [2.75, 3.05) is 26.2 Å². The Morgan fingerprint density at radius 3 is 3.00 bits per heavy atom. The number of hydrogen-bond acceptors (Lipinski definition) is 4. The molecule has 3 atom stereocenters. The number of nitrogens with zero attached hydrogens (tertiary/aromatic N) is 1. The number of carbonyl (C=O) groups excluding carboxylic acids is 1. The Morgan fingerprint density at radius 1 is 1.56 bits per heavy atom. The van der Waals surface area contributed by atoms with E-state index in [2.05, 4.69) is 17.1 Å². The van der Waals surface area contributed by atoms with Gasteiger partial charge in [0.25, 0.3) is 0 Å². The molecule has 2 heterocycles. The molecule has 0 bridgehead atoms. The molecule has 2 aliphatic heterocycles. The summed E-state index contributed by atoms with van der Waals surface area (Å²) in [6, 6.07) is -0.173. The highest BCUT2D eigenvalue weighted by atomic mass is 16.5. The minimum absolute atomic E-state index is 0.173. The normalized spacial score (nSPS) is 36.4. The summed E-state index contributed by atoms with van der Waals surface area (Å²) in [7, 11) is 0. The van der Waals surface area contributed by atoms with E-state index in [1.165, 1.54) is 0 Å². The number of hydrogen-bond donors (Lipinski definition) is 2. The Bertz CT molecular complexity index is 260. The van der Waals surface area contributed by atoms with Gasteiger partial charge in [0.1, 0.15) is 6.04 Å². The molecule has 5 nitrogen and oxygen atoms in total. The van der Waals surface area contributed by atoms with Crippen LogP contribution in [0.2, 0.25) is 0 Å². The fourth-order valence-corrected chi connectivity index (χ4v) is 2.53. The minimum Gasteiger partial charge on any atom is -0.374 e. The molecule has 3 unspecified atom stereocenters. The second-order valence-electron chi connectivity index (χ2n) is 4.76. The molecule has 16 heavy (non-hydrogen) atoms. The van der Waals surface area contributed by atoms with Crippen molar-refractivity contribution in [3.63, 3.8) is 0 Å². The summed E-state index contributed by atoms with van der Waals surface area (Å²) in [6.45, 7) is 5.40. The number of ether oxygens (including phenoxy) is 1. The Balaban J connectivity index is 1.88. The summed E-state index contributed by atoms with van der Waals surface area (Å²) in [6.07, 6.45) is 2.85. The molecular formula is C11H21N3O2. The third kappa shape index (κ3) is 2.72. The predicted molar refractivity (Wildman–Crippen MR) is 61.0 cm³/mol. The maximum Gasteiger partial charge on any atom is 0.236 e. The number of rotatable bonds is 3. The lowest BCUT2D eigenvalue weighted by Gasteiger charge is -2.35. The van der Waals surface area contributed by atoms with Gasteiger partial charge < -0.3 is 15.8 Å². The van der Waals surface area contributed by atoms with Crippen LogP contribution < -0.4 is 11.1 Å². The quantitative estimate of drug-likeness (QED) is 0.670. The Hall–Kier alpha value is -0.650. The second-order valence-corrected chi connectivity index (χ2v) is 4.76. The maximum atomic E-state index is 11.3. The van der Waals surface area contributed by atoms with Crippen molar-refractivity contribution >= 4 is 5.91 Å². The fourth-order valence-electron chi connectivity index (χ4n) is 2.53. The van der Waals surface area contributed by atoms with Crippen molar-refractivity contribution in [2.45, 2.75) is 38.0 Å². The summed E-state index contributed by atoms with van der Waals surface area (Å²) >= 11 is 0. The summed E-state index contributed by atoms with van der Waals surface area (Å²) < 4.78 is 5.78. The van der Waals surface area contributed by atoms with Crippen LogP contribution in [0, 0.1) is 0 Å². The molecule has 0 aromatic carbocycles. The molecule has 2 aliphatic rings. The van der Waals surface area contributed by atoms with E-state index >= 15 is 0 Å². The molecule has 2 rings (SSSR count). The Labute approximate surface area is 96.3 Å². The third-order valence-corrected chi connectivity index (χ3v) is 3.44. The van der Waals surface area contributed by atoms with Gasteiger partial charge in [0.2, 0.25) is 5.91 Å². The first-order valence-electron chi connectivity index (χ1n) is 6.06. The van der Waals surface area contributed by atoms with Gasteiger partial charge >= 0.3 is 0 Å². The van der Waals surface area contributed by atoms with Gasteiger partial charge in [-0.05, 0) is 19.8 Å². The number of primary amides is 1. The van der Waals surface area contributed by atoms with E-state index in [1.54, 1.807) is 0 Å². The molecule has 5 heteroatoms. The lowest BCUT2D eigenvalue weighted by Crippen LogP contribution is -2.58. The average molecular weight is 227 g/mol. The molecular weight excluding hydrogens is 206 g/mol. The highest BCUT2D eigenvalue weighted by molar-refractivity contribution is 5.80. The molecule has 0 aliphatic carbocycles. The van der Waals surface area contributed by atoms with Crippen LogP contribution in [0.15, 0.2) is 0 Å².